The summed E-state index contributed by atoms with van der Waals surface area (Å²) in [5, 5.41) is 0. The van der Waals surface area contributed by atoms with Crippen molar-refractivity contribution >= 4 is 0 Å². The van der Waals surface area contributed by atoms with Crippen LogP contribution >= 0.6 is 0 Å². The molecule has 0 radical (unpaired) electrons. The Hall–Kier alpha value is -0.0800. The molecule has 2 aliphatic heterocycles. The lowest BCUT2D eigenvalue weighted by atomic mass is 10.0. The molecule has 118 valence electrons. The molecule has 0 aliphatic carbocycles. The lowest BCUT2D eigenvalue weighted by Gasteiger charge is -2.10. The van der Waals surface area contributed by atoms with E-state index < -0.39 is 0 Å². The SMILES string of the molecule is CCCCCCCCCCCCCC[C@@H]1OC[C@@H]2O[C@H]12. The summed E-state index contributed by atoms with van der Waals surface area (Å²) in [7, 11) is 0. The summed E-state index contributed by atoms with van der Waals surface area (Å²) in [6, 6.07) is 0. The van der Waals surface area contributed by atoms with Gasteiger partial charge in [-0.25, -0.2) is 0 Å². The van der Waals surface area contributed by atoms with Gasteiger partial charge in [0.25, 0.3) is 0 Å². The number of hydrogen-bond acceptors (Lipinski definition) is 2. The fourth-order valence-corrected chi connectivity index (χ4v) is 3.37. The molecular formula is C18H34O2. The van der Waals surface area contributed by atoms with Gasteiger partial charge in [0.15, 0.2) is 0 Å². The Morgan fingerprint density at radius 3 is 1.75 bits per heavy atom. The normalized spacial score (nSPS) is 27.8. The van der Waals surface area contributed by atoms with Gasteiger partial charge in [0.1, 0.15) is 12.2 Å². The minimum absolute atomic E-state index is 0.433. The maximum atomic E-state index is 5.69. The molecular weight excluding hydrogens is 248 g/mol. The first-order valence-electron chi connectivity index (χ1n) is 9.19. The lowest BCUT2D eigenvalue weighted by Crippen LogP contribution is -2.13. The van der Waals surface area contributed by atoms with Crippen molar-refractivity contribution in [3.8, 4) is 0 Å². The van der Waals surface area contributed by atoms with E-state index in [0.717, 1.165) is 6.61 Å². The highest BCUT2D eigenvalue weighted by molar-refractivity contribution is 4.96. The van der Waals surface area contributed by atoms with E-state index in [1.165, 1.54) is 83.5 Å². The third kappa shape index (κ3) is 6.13. The average Bonchev–Trinajstić information content (AvgIpc) is 3.14. The Morgan fingerprint density at radius 1 is 0.750 bits per heavy atom. The average molecular weight is 282 g/mol. The molecule has 0 bridgehead atoms. The van der Waals surface area contributed by atoms with Crippen LogP contribution in [0.2, 0.25) is 0 Å². The molecule has 0 N–H and O–H groups in total. The lowest BCUT2D eigenvalue weighted by molar-refractivity contribution is 0.0230. The monoisotopic (exact) mass is 282 g/mol. The van der Waals surface area contributed by atoms with Crippen LogP contribution in [0, 0.1) is 0 Å². The van der Waals surface area contributed by atoms with E-state index in [1.54, 1.807) is 0 Å². The van der Waals surface area contributed by atoms with Gasteiger partial charge >= 0.3 is 0 Å². The third-order valence-electron chi connectivity index (χ3n) is 4.80. The van der Waals surface area contributed by atoms with Gasteiger partial charge < -0.3 is 9.47 Å². The number of fused-ring (bicyclic) bond motifs is 1. The van der Waals surface area contributed by atoms with E-state index in [0.29, 0.717) is 18.3 Å². The molecule has 0 aromatic carbocycles. The van der Waals surface area contributed by atoms with E-state index in [1.807, 2.05) is 0 Å². The van der Waals surface area contributed by atoms with Gasteiger partial charge in [0, 0.05) is 0 Å². The van der Waals surface area contributed by atoms with Gasteiger partial charge in [-0.2, -0.15) is 0 Å². The van der Waals surface area contributed by atoms with Crippen LogP contribution in [-0.4, -0.2) is 24.9 Å². The Kier molecular flexibility index (Phi) is 7.97. The quantitative estimate of drug-likeness (QED) is 0.340. The molecule has 0 unspecified atom stereocenters. The van der Waals surface area contributed by atoms with Gasteiger partial charge in [-0.15, -0.1) is 0 Å². The molecule has 0 aromatic rings. The minimum atomic E-state index is 0.433. The van der Waals surface area contributed by atoms with Crippen LogP contribution in [0.5, 0.6) is 0 Å². The van der Waals surface area contributed by atoms with Crippen LogP contribution < -0.4 is 0 Å². The highest BCUT2D eigenvalue weighted by atomic mass is 16.7. The largest absolute Gasteiger partial charge is 0.373 e. The van der Waals surface area contributed by atoms with Crippen LogP contribution in [0.3, 0.4) is 0 Å². The van der Waals surface area contributed by atoms with Crippen LogP contribution in [0.15, 0.2) is 0 Å². The Bertz CT molecular complexity index is 242. The van der Waals surface area contributed by atoms with Gasteiger partial charge in [0.05, 0.1) is 12.7 Å². The van der Waals surface area contributed by atoms with Gasteiger partial charge in [0.2, 0.25) is 0 Å². The maximum Gasteiger partial charge on any atom is 0.113 e. The summed E-state index contributed by atoms with van der Waals surface area (Å²) in [5.41, 5.74) is 0. The second-order valence-electron chi connectivity index (χ2n) is 6.69. The molecule has 0 amide bonds. The number of rotatable bonds is 13. The van der Waals surface area contributed by atoms with Crippen molar-refractivity contribution in [2.24, 2.45) is 0 Å². The zero-order valence-corrected chi connectivity index (χ0v) is 13.4. The number of epoxide rings is 1. The van der Waals surface area contributed by atoms with E-state index in [-0.39, 0.29) is 0 Å². The fourth-order valence-electron chi connectivity index (χ4n) is 3.37. The van der Waals surface area contributed by atoms with Crippen molar-refractivity contribution < 1.29 is 9.47 Å². The molecule has 0 spiro atoms. The molecule has 0 aromatic heterocycles. The predicted molar refractivity (Wildman–Crippen MR) is 84.1 cm³/mol. The Labute approximate surface area is 125 Å². The van der Waals surface area contributed by atoms with Gasteiger partial charge in [-0.1, -0.05) is 84.0 Å². The summed E-state index contributed by atoms with van der Waals surface area (Å²) in [6.07, 6.45) is 19.7. The fraction of sp³-hybridized carbons (Fsp3) is 1.00. The van der Waals surface area contributed by atoms with Crippen LogP contribution in [-0.2, 0) is 9.47 Å². The van der Waals surface area contributed by atoms with Crippen LogP contribution in [0.1, 0.15) is 90.4 Å². The summed E-state index contributed by atoms with van der Waals surface area (Å²) in [6.45, 7) is 3.14. The van der Waals surface area contributed by atoms with E-state index in [9.17, 15) is 0 Å². The van der Waals surface area contributed by atoms with Crippen molar-refractivity contribution in [2.45, 2.75) is 109 Å². The second kappa shape index (κ2) is 9.78. The second-order valence-corrected chi connectivity index (χ2v) is 6.69. The van der Waals surface area contributed by atoms with E-state index in [4.69, 9.17) is 9.47 Å². The molecule has 2 nitrogen and oxygen atoms in total. The first kappa shape index (κ1) is 16.3. The standard InChI is InChI=1S/C18H34O2/c1-2-3-4-5-6-7-8-9-10-11-12-13-14-16-18-17(20-18)15-19-16/h16-18H,2-15H2,1H3/t16-,17-,18+/m0/s1. The highest BCUT2D eigenvalue weighted by Gasteiger charge is 2.51. The zero-order valence-electron chi connectivity index (χ0n) is 13.4. The number of hydrogen-bond donors (Lipinski definition) is 0. The molecule has 2 heterocycles. The van der Waals surface area contributed by atoms with Crippen LogP contribution in [0.25, 0.3) is 0 Å². The summed E-state index contributed by atoms with van der Waals surface area (Å²) in [4.78, 5) is 0. The van der Waals surface area contributed by atoms with Crippen molar-refractivity contribution in [1.82, 2.24) is 0 Å². The summed E-state index contributed by atoms with van der Waals surface area (Å²) < 4.78 is 11.2. The summed E-state index contributed by atoms with van der Waals surface area (Å²) in [5.74, 6) is 0. The molecule has 2 heteroatoms. The van der Waals surface area contributed by atoms with Crippen LogP contribution in [0.4, 0.5) is 0 Å². The van der Waals surface area contributed by atoms with Crippen molar-refractivity contribution in [2.75, 3.05) is 6.61 Å². The Morgan fingerprint density at radius 2 is 1.30 bits per heavy atom. The van der Waals surface area contributed by atoms with E-state index in [2.05, 4.69) is 6.92 Å². The van der Waals surface area contributed by atoms with Gasteiger partial charge in [-0.05, 0) is 6.42 Å². The first-order valence-corrected chi connectivity index (χ1v) is 9.19. The Balaban J connectivity index is 1.26. The molecule has 2 fully saturated rings. The number of unbranched alkanes of at least 4 members (excludes halogenated alkanes) is 11. The molecule has 2 aliphatic rings. The van der Waals surface area contributed by atoms with Crippen molar-refractivity contribution in [3.63, 3.8) is 0 Å². The highest BCUT2D eigenvalue weighted by Crippen LogP contribution is 2.36. The summed E-state index contributed by atoms with van der Waals surface area (Å²) >= 11 is 0. The molecule has 0 saturated carbocycles. The van der Waals surface area contributed by atoms with Crippen molar-refractivity contribution in [3.05, 3.63) is 0 Å². The first-order chi connectivity index (χ1) is 9.92. The molecule has 3 atom stereocenters. The molecule has 20 heavy (non-hydrogen) atoms. The number of ether oxygens (including phenoxy) is 2. The smallest absolute Gasteiger partial charge is 0.113 e. The predicted octanol–water partition coefficient (Wildman–Crippen LogP) is 5.24. The minimum Gasteiger partial charge on any atom is -0.373 e. The zero-order chi connectivity index (χ0) is 14.0. The topological polar surface area (TPSA) is 21.8 Å². The van der Waals surface area contributed by atoms with E-state index >= 15 is 0 Å². The van der Waals surface area contributed by atoms with Crippen molar-refractivity contribution in [1.29, 1.82) is 0 Å². The molecule has 2 saturated heterocycles. The third-order valence-corrected chi connectivity index (χ3v) is 4.80. The maximum absolute atomic E-state index is 5.69. The molecule has 2 rings (SSSR count). The van der Waals surface area contributed by atoms with Gasteiger partial charge in [-0.3, -0.25) is 0 Å².